The van der Waals surface area contributed by atoms with E-state index in [0.29, 0.717) is 11.8 Å². The van der Waals surface area contributed by atoms with E-state index in [-0.39, 0.29) is 0 Å². The molecule has 5 nitrogen and oxygen atoms in total. The third kappa shape index (κ3) is 5.85. The van der Waals surface area contributed by atoms with Gasteiger partial charge in [0.05, 0.1) is 25.1 Å². The van der Waals surface area contributed by atoms with Gasteiger partial charge in [0.15, 0.2) is 5.15 Å². The van der Waals surface area contributed by atoms with E-state index < -0.39 is 0 Å². The van der Waals surface area contributed by atoms with Crippen LogP contribution < -0.4 is 5.32 Å². The molecule has 0 aromatic carbocycles. The maximum atomic E-state index is 5.69. The van der Waals surface area contributed by atoms with Gasteiger partial charge in [0.2, 0.25) is 0 Å². The summed E-state index contributed by atoms with van der Waals surface area (Å²) in [4.78, 5) is 2.08. The Balaban J connectivity index is 2.07. The molecule has 1 rings (SSSR count). The molecule has 0 amide bonds. The van der Waals surface area contributed by atoms with Gasteiger partial charge in [-0.05, 0) is 14.1 Å². The van der Waals surface area contributed by atoms with Gasteiger partial charge in [-0.15, -0.1) is 5.10 Å². The highest BCUT2D eigenvalue weighted by molar-refractivity contribution is 6.29. The monoisotopic (exact) mass is 244 g/mol. The Morgan fingerprint density at radius 1 is 1.44 bits per heavy atom. The molecule has 1 aromatic rings. The summed E-state index contributed by atoms with van der Waals surface area (Å²) in [6.45, 7) is 3.07. The van der Waals surface area contributed by atoms with Crippen molar-refractivity contribution in [3.05, 3.63) is 17.4 Å². The standard InChI is InChI=1S/C10H17ClN4O/c1-15(2)4-6-16-5-3-12-9-7-10(11)14-13-8-9/h7-8H,3-6H2,1-2H3,(H,12,14). The lowest BCUT2D eigenvalue weighted by Gasteiger charge is -2.10. The zero-order chi connectivity index (χ0) is 11.8. The summed E-state index contributed by atoms with van der Waals surface area (Å²) in [5.74, 6) is 0. The van der Waals surface area contributed by atoms with Crippen molar-refractivity contribution < 1.29 is 4.74 Å². The van der Waals surface area contributed by atoms with Crippen molar-refractivity contribution >= 4 is 17.3 Å². The molecule has 1 N–H and O–H groups in total. The molecule has 0 spiro atoms. The Morgan fingerprint density at radius 3 is 2.94 bits per heavy atom. The maximum Gasteiger partial charge on any atom is 0.153 e. The second-order valence-corrected chi connectivity index (χ2v) is 4.00. The van der Waals surface area contributed by atoms with Crippen LogP contribution in [-0.4, -0.2) is 55.5 Å². The fraction of sp³-hybridized carbons (Fsp3) is 0.600. The van der Waals surface area contributed by atoms with Crippen LogP contribution in [0.1, 0.15) is 0 Å². The highest BCUT2D eigenvalue weighted by Crippen LogP contribution is 2.09. The first-order valence-corrected chi connectivity index (χ1v) is 5.51. The van der Waals surface area contributed by atoms with E-state index in [2.05, 4.69) is 20.4 Å². The number of anilines is 1. The highest BCUT2D eigenvalue weighted by atomic mass is 35.5. The summed E-state index contributed by atoms with van der Waals surface area (Å²) in [6.07, 6.45) is 1.63. The van der Waals surface area contributed by atoms with Crippen LogP contribution in [-0.2, 0) is 4.74 Å². The van der Waals surface area contributed by atoms with E-state index in [4.69, 9.17) is 16.3 Å². The molecule has 0 bridgehead atoms. The predicted octanol–water partition coefficient (Wildman–Crippen LogP) is 1.12. The molecule has 0 atom stereocenters. The van der Waals surface area contributed by atoms with Crippen molar-refractivity contribution in [3.8, 4) is 0 Å². The first kappa shape index (κ1) is 13.2. The normalized spacial score (nSPS) is 10.8. The van der Waals surface area contributed by atoms with Gasteiger partial charge in [-0.25, -0.2) is 0 Å². The number of halogens is 1. The number of likely N-dealkylation sites (N-methyl/N-ethyl adjacent to an activating group) is 1. The Bertz CT molecular complexity index is 309. The van der Waals surface area contributed by atoms with E-state index in [9.17, 15) is 0 Å². The van der Waals surface area contributed by atoms with Crippen molar-refractivity contribution in [2.24, 2.45) is 0 Å². The van der Waals surface area contributed by atoms with Crippen LogP contribution in [0, 0.1) is 0 Å². The van der Waals surface area contributed by atoms with Gasteiger partial charge in [0.25, 0.3) is 0 Å². The summed E-state index contributed by atoms with van der Waals surface area (Å²) >= 11 is 5.69. The van der Waals surface area contributed by atoms with Gasteiger partial charge in [0, 0.05) is 19.2 Å². The summed E-state index contributed by atoms with van der Waals surface area (Å²) in [7, 11) is 4.04. The van der Waals surface area contributed by atoms with Gasteiger partial charge < -0.3 is 15.0 Å². The lowest BCUT2D eigenvalue weighted by atomic mass is 10.4. The highest BCUT2D eigenvalue weighted by Gasteiger charge is 1.95. The number of hydrogen-bond donors (Lipinski definition) is 1. The van der Waals surface area contributed by atoms with Crippen LogP contribution in [0.3, 0.4) is 0 Å². The van der Waals surface area contributed by atoms with Crippen LogP contribution in [0.15, 0.2) is 12.3 Å². The molecule has 0 saturated heterocycles. The zero-order valence-corrected chi connectivity index (χ0v) is 10.4. The SMILES string of the molecule is CN(C)CCOCCNc1cnnc(Cl)c1. The van der Waals surface area contributed by atoms with Gasteiger partial charge in [0.1, 0.15) is 0 Å². The van der Waals surface area contributed by atoms with Crippen LogP contribution in [0.2, 0.25) is 5.15 Å². The van der Waals surface area contributed by atoms with E-state index in [1.165, 1.54) is 0 Å². The van der Waals surface area contributed by atoms with Crippen LogP contribution in [0.25, 0.3) is 0 Å². The van der Waals surface area contributed by atoms with E-state index in [1.54, 1.807) is 12.3 Å². The Morgan fingerprint density at radius 2 is 2.25 bits per heavy atom. The average molecular weight is 245 g/mol. The minimum atomic E-state index is 0.388. The summed E-state index contributed by atoms with van der Waals surface area (Å²) < 4.78 is 5.42. The van der Waals surface area contributed by atoms with Gasteiger partial charge >= 0.3 is 0 Å². The maximum absolute atomic E-state index is 5.69. The summed E-state index contributed by atoms with van der Waals surface area (Å²) in [6, 6.07) is 1.73. The molecule has 16 heavy (non-hydrogen) atoms. The van der Waals surface area contributed by atoms with Crippen molar-refractivity contribution in [1.82, 2.24) is 15.1 Å². The smallest absolute Gasteiger partial charge is 0.153 e. The molecule has 90 valence electrons. The molecule has 0 fully saturated rings. The van der Waals surface area contributed by atoms with E-state index >= 15 is 0 Å². The molecular weight excluding hydrogens is 228 g/mol. The molecule has 0 saturated carbocycles. The predicted molar refractivity (Wildman–Crippen MR) is 64.9 cm³/mol. The Kier molecular flexibility index (Phi) is 6.07. The largest absolute Gasteiger partial charge is 0.381 e. The van der Waals surface area contributed by atoms with Crippen molar-refractivity contribution in [2.45, 2.75) is 0 Å². The topological polar surface area (TPSA) is 50.3 Å². The third-order valence-electron chi connectivity index (χ3n) is 1.88. The molecule has 1 aromatic heterocycles. The van der Waals surface area contributed by atoms with Crippen LogP contribution in [0.4, 0.5) is 5.69 Å². The molecule has 0 radical (unpaired) electrons. The molecule has 0 aliphatic rings. The number of rotatable bonds is 7. The molecule has 1 heterocycles. The average Bonchev–Trinajstić information content (AvgIpc) is 2.23. The van der Waals surface area contributed by atoms with E-state index in [0.717, 1.165) is 25.4 Å². The summed E-state index contributed by atoms with van der Waals surface area (Å²) in [5, 5.41) is 10.9. The second kappa shape index (κ2) is 7.38. The number of aromatic nitrogens is 2. The first-order chi connectivity index (χ1) is 7.68. The van der Waals surface area contributed by atoms with Crippen molar-refractivity contribution in [2.75, 3.05) is 45.7 Å². The lowest BCUT2D eigenvalue weighted by molar-refractivity contribution is 0.126. The number of hydrogen-bond acceptors (Lipinski definition) is 5. The minimum Gasteiger partial charge on any atom is -0.381 e. The quantitative estimate of drug-likeness (QED) is 0.729. The Hall–Kier alpha value is -0.910. The van der Waals surface area contributed by atoms with Gasteiger partial charge in [-0.1, -0.05) is 11.6 Å². The van der Waals surface area contributed by atoms with Crippen LogP contribution >= 0.6 is 11.6 Å². The molecule has 0 aliphatic carbocycles. The number of nitrogens with one attached hydrogen (secondary N) is 1. The number of nitrogens with zero attached hydrogens (tertiary/aromatic N) is 3. The van der Waals surface area contributed by atoms with Gasteiger partial charge in [-0.3, -0.25) is 0 Å². The molecule has 0 aliphatic heterocycles. The van der Waals surface area contributed by atoms with Crippen molar-refractivity contribution in [1.29, 1.82) is 0 Å². The second-order valence-electron chi connectivity index (χ2n) is 3.61. The molecule has 0 unspecified atom stereocenters. The van der Waals surface area contributed by atoms with Gasteiger partial charge in [-0.2, -0.15) is 5.10 Å². The fourth-order valence-electron chi connectivity index (χ4n) is 1.05. The minimum absolute atomic E-state index is 0.388. The van der Waals surface area contributed by atoms with E-state index in [1.807, 2.05) is 14.1 Å². The van der Waals surface area contributed by atoms with Crippen molar-refractivity contribution in [3.63, 3.8) is 0 Å². The molecular formula is C10H17ClN4O. The first-order valence-electron chi connectivity index (χ1n) is 5.13. The zero-order valence-electron chi connectivity index (χ0n) is 9.61. The lowest BCUT2D eigenvalue weighted by Crippen LogP contribution is -2.20. The summed E-state index contributed by atoms with van der Waals surface area (Å²) in [5.41, 5.74) is 0.858. The van der Waals surface area contributed by atoms with Crippen LogP contribution in [0.5, 0.6) is 0 Å². The number of ether oxygens (including phenoxy) is 1. The third-order valence-corrected chi connectivity index (χ3v) is 2.07. The Labute approximate surface area is 101 Å². The molecule has 6 heteroatoms. The fourth-order valence-corrected chi connectivity index (χ4v) is 1.22.